The van der Waals surface area contributed by atoms with E-state index in [4.69, 9.17) is 33.4 Å². The smallest absolute Gasteiger partial charge is 0.139 e. The van der Waals surface area contributed by atoms with Crippen molar-refractivity contribution in [2.45, 2.75) is 12.2 Å². The molecule has 3 N–H and O–H groups in total. The zero-order valence-electron chi connectivity index (χ0n) is 6.93. The second-order valence-electron chi connectivity index (χ2n) is 2.56. The van der Waals surface area contributed by atoms with Crippen molar-refractivity contribution < 1.29 is 15.3 Å². The molecule has 0 bridgehead atoms. The molecule has 0 amide bonds. The van der Waals surface area contributed by atoms with Gasteiger partial charge in [0.05, 0.1) is 12.2 Å². The Morgan fingerprint density at radius 2 is 1.71 bits per heavy atom. The molecule has 2 atom stereocenters. The van der Waals surface area contributed by atoms with Crippen LogP contribution in [0, 0.1) is 0 Å². The Labute approximate surface area is 90.0 Å². The fourth-order valence-corrected chi connectivity index (χ4v) is 1.43. The molecule has 1 aromatic heterocycles. The van der Waals surface area contributed by atoms with Gasteiger partial charge in [-0.3, -0.25) is 0 Å². The lowest BCUT2D eigenvalue weighted by atomic mass is 10.1. The molecule has 0 aliphatic rings. The van der Waals surface area contributed by atoms with Gasteiger partial charge in [-0.1, -0.05) is 23.2 Å². The molecule has 0 radical (unpaired) electrons. The zero-order chi connectivity index (χ0) is 10.7. The van der Waals surface area contributed by atoms with Crippen molar-refractivity contribution >= 4 is 23.2 Å². The van der Waals surface area contributed by atoms with E-state index < -0.39 is 18.8 Å². The monoisotopic (exact) mass is 238 g/mol. The van der Waals surface area contributed by atoms with Gasteiger partial charge in [0, 0.05) is 0 Å². The molecule has 0 saturated heterocycles. The number of halogens is 2. The molecule has 0 fully saturated rings. The van der Waals surface area contributed by atoms with Crippen molar-refractivity contribution in [3.63, 3.8) is 0 Å². The first kappa shape index (κ1) is 11.6. The van der Waals surface area contributed by atoms with E-state index >= 15 is 0 Å². The van der Waals surface area contributed by atoms with Crippen LogP contribution in [-0.4, -0.2) is 38.0 Å². The predicted molar refractivity (Wildman–Crippen MR) is 50.1 cm³/mol. The highest BCUT2D eigenvalue weighted by Gasteiger charge is 2.24. The van der Waals surface area contributed by atoms with E-state index in [9.17, 15) is 5.11 Å². The molecule has 7 heteroatoms. The highest BCUT2D eigenvalue weighted by atomic mass is 35.5. The van der Waals surface area contributed by atoms with E-state index in [1.54, 1.807) is 0 Å². The molecule has 2 unspecified atom stereocenters. The second-order valence-corrected chi connectivity index (χ2v) is 3.28. The third-order valence-corrected chi connectivity index (χ3v) is 2.24. The molecule has 78 valence electrons. The third kappa shape index (κ3) is 2.31. The minimum absolute atomic E-state index is 0.0115. The van der Waals surface area contributed by atoms with Gasteiger partial charge < -0.3 is 15.3 Å². The first-order chi connectivity index (χ1) is 6.57. The van der Waals surface area contributed by atoms with Gasteiger partial charge in [-0.2, -0.15) is 0 Å². The van der Waals surface area contributed by atoms with Gasteiger partial charge in [0.25, 0.3) is 0 Å². The van der Waals surface area contributed by atoms with E-state index in [1.165, 1.54) is 0 Å². The average Bonchev–Trinajstić information content (AvgIpc) is 2.16. The maximum Gasteiger partial charge on any atom is 0.139 e. The lowest BCUT2D eigenvalue weighted by Gasteiger charge is -2.16. The Hall–Kier alpha value is -0.460. The molecule has 1 heterocycles. The molecule has 0 aliphatic carbocycles. The SMILES string of the molecule is OCC(O)C(O)c1c(Cl)ncnc1Cl. The number of nitrogens with zero attached hydrogens (tertiary/aromatic N) is 2. The summed E-state index contributed by atoms with van der Waals surface area (Å²) >= 11 is 11.3. The van der Waals surface area contributed by atoms with Crippen LogP contribution in [0.4, 0.5) is 0 Å². The summed E-state index contributed by atoms with van der Waals surface area (Å²) in [7, 11) is 0. The summed E-state index contributed by atoms with van der Waals surface area (Å²) in [5.41, 5.74) is 0.0115. The van der Waals surface area contributed by atoms with E-state index in [-0.39, 0.29) is 15.9 Å². The van der Waals surface area contributed by atoms with Gasteiger partial charge in [-0.05, 0) is 0 Å². The number of aliphatic hydroxyl groups is 3. The Balaban J connectivity index is 3.05. The van der Waals surface area contributed by atoms with Crippen LogP contribution in [-0.2, 0) is 0 Å². The van der Waals surface area contributed by atoms with Gasteiger partial charge in [-0.25, -0.2) is 9.97 Å². The number of rotatable bonds is 3. The number of hydrogen-bond acceptors (Lipinski definition) is 5. The maximum absolute atomic E-state index is 9.49. The van der Waals surface area contributed by atoms with E-state index in [2.05, 4.69) is 9.97 Å². The molecule has 1 aromatic rings. The quantitative estimate of drug-likeness (QED) is 0.654. The maximum atomic E-state index is 9.49. The van der Waals surface area contributed by atoms with Crippen LogP contribution in [0.2, 0.25) is 10.3 Å². The third-order valence-electron chi connectivity index (χ3n) is 1.63. The van der Waals surface area contributed by atoms with Crippen molar-refractivity contribution in [3.8, 4) is 0 Å². The number of aliphatic hydroxyl groups excluding tert-OH is 3. The first-order valence-electron chi connectivity index (χ1n) is 3.70. The van der Waals surface area contributed by atoms with Gasteiger partial charge in [-0.15, -0.1) is 0 Å². The molecule has 1 rings (SSSR count). The standard InChI is InChI=1S/C7H8Cl2N2O3/c8-6-4(5(14)3(13)1-12)7(9)11-2-10-6/h2-3,5,12-14H,1H2. The highest BCUT2D eigenvalue weighted by Crippen LogP contribution is 2.28. The van der Waals surface area contributed by atoms with E-state index in [1.807, 2.05) is 0 Å². The van der Waals surface area contributed by atoms with Crippen molar-refractivity contribution in [1.82, 2.24) is 9.97 Å². The minimum Gasteiger partial charge on any atom is -0.394 e. The van der Waals surface area contributed by atoms with Gasteiger partial charge in [0.2, 0.25) is 0 Å². The summed E-state index contributed by atoms with van der Waals surface area (Å²) in [4.78, 5) is 7.19. The molecular weight excluding hydrogens is 231 g/mol. The molecule has 0 aromatic carbocycles. The molecule has 14 heavy (non-hydrogen) atoms. The van der Waals surface area contributed by atoms with E-state index in [0.717, 1.165) is 6.33 Å². The van der Waals surface area contributed by atoms with Gasteiger partial charge in [0.15, 0.2) is 0 Å². The normalized spacial score (nSPS) is 15.2. The largest absolute Gasteiger partial charge is 0.394 e. The summed E-state index contributed by atoms with van der Waals surface area (Å²) < 4.78 is 0. The Morgan fingerprint density at radius 3 is 2.14 bits per heavy atom. The lowest BCUT2D eigenvalue weighted by Crippen LogP contribution is -2.23. The second kappa shape index (κ2) is 4.86. The average molecular weight is 239 g/mol. The summed E-state index contributed by atoms with van der Waals surface area (Å²) in [6.45, 7) is -0.608. The van der Waals surface area contributed by atoms with Crippen LogP contribution < -0.4 is 0 Å². The number of hydrogen-bond donors (Lipinski definition) is 3. The number of aromatic nitrogens is 2. The van der Waals surface area contributed by atoms with Gasteiger partial charge in [0.1, 0.15) is 28.8 Å². The van der Waals surface area contributed by atoms with Crippen LogP contribution in [0.3, 0.4) is 0 Å². The summed E-state index contributed by atoms with van der Waals surface area (Å²) in [5, 5.41) is 27.2. The van der Waals surface area contributed by atoms with Crippen molar-refractivity contribution in [1.29, 1.82) is 0 Å². The zero-order valence-corrected chi connectivity index (χ0v) is 8.44. The summed E-state index contributed by atoms with van der Waals surface area (Å²) in [5.74, 6) is 0. The Bertz CT molecular complexity index is 304. The molecule has 0 saturated carbocycles. The first-order valence-corrected chi connectivity index (χ1v) is 4.46. The Kier molecular flexibility index (Phi) is 4.03. The van der Waals surface area contributed by atoms with Crippen LogP contribution in [0.1, 0.15) is 11.7 Å². The topological polar surface area (TPSA) is 86.5 Å². The highest BCUT2D eigenvalue weighted by molar-refractivity contribution is 6.34. The summed E-state index contributed by atoms with van der Waals surface area (Å²) in [6, 6.07) is 0. The fraction of sp³-hybridized carbons (Fsp3) is 0.429. The van der Waals surface area contributed by atoms with Crippen LogP contribution in [0.15, 0.2) is 6.33 Å². The molecule has 5 nitrogen and oxygen atoms in total. The Morgan fingerprint density at radius 1 is 1.21 bits per heavy atom. The van der Waals surface area contributed by atoms with Crippen molar-refractivity contribution in [2.75, 3.05) is 6.61 Å². The predicted octanol–water partition coefficient (Wildman–Crippen LogP) is 0.170. The fourth-order valence-electron chi connectivity index (χ4n) is 0.891. The van der Waals surface area contributed by atoms with Gasteiger partial charge >= 0.3 is 0 Å². The van der Waals surface area contributed by atoms with E-state index in [0.29, 0.717) is 0 Å². The lowest BCUT2D eigenvalue weighted by molar-refractivity contribution is -0.0154. The van der Waals surface area contributed by atoms with Crippen LogP contribution in [0.5, 0.6) is 0 Å². The molecule has 0 spiro atoms. The minimum atomic E-state index is -1.40. The van der Waals surface area contributed by atoms with Crippen molar-refractivity contribution in [2.24, 2.45) is 0 Å². The molecular formula is C7H8Cl2N2O3. The summed E-state index contributed by atoms with van der Waals surface area (Å²) in [6.07, 6.45) is -1.64. The van der Waals surface area contributed by atoms with Crippen LogP contribution >= 0.6 is 23.2 Å². The van der Waals surface area contributed by atoms with Crippen molar-refractivity contribution in [3.05, 3.63) is 22.2 Å². The van der Waals surface area contributed by atoms with Crippen LogP contribution in [0.25, 0.3) is 0 Å². The molecule has 0 aliphatic heterocycles.